The van der Waals surface area contributed by atoms with Crippen LogP contribution in [0.4, 0.5) is 5.95 Å². The molecule has 37 heavy (non-hydrogen) atoms. The first-order chi connectivity index (χ1) is 18.2. The minimum Gasteiger partial charge on any atom is -0.368 e. The fraction of sp³-hybridized carbons (Fsp3) is 0.207. The molecule has 0 saturated carbocycles. The number of nitrogens with one attached hydrogen (secondary N) is 1. The number of nitrogens with zero attached hydrogens (tertiary/aromatic N) is 6. The van der Waals surface area contributed by atoms with E-state index in [4.69, 9.17) is 10.7 Å². The average molecular weight is 489 g/mol. The summed E-state index contributed by atoms with van der Waals surface area (Å²) in [5, 5.41) is 7.53. The molecule has 1 aliphatic heterocycles. The number of nitrogens with two attached hydrogens (primary N) is 1. The van der Waals surface area contributed by atoms with Crippen molar-refractivity contribution in [3.8, 4) is 33.9 Å². The monoisotopic (exact) mass is 488 g/mol. The minimum absolute atomic E-state index is 0.278. The Kier molecular flexibility index (Phi) is 6.39. The molecule has 8 heteroatoms. The average Bonchev–Trinajstić information content (AvgIpc) is 3.45. The summed E-state index contributed by atoms with van der Waals surface area (Å²) in [6, 6.07) is 24.6. The van der Waals surface area contributed by atoms with Gasteiger partial charge in [-0.15, -0.1) is 0 Å². The second-order valence-electron chi connectivity index (χ2n) is 9.36. The molecule has 0 spiro atoms. The van der Waals surface area contributed by atoms with Crippen LogP contribution in [0.25, 0.3) is 33.9 Å². The summed E-state index contributed by atoms with van der Waals surface area (Å²) in [7, 11) is 0. The third kappa shape index (κ3) is 5.10. The van der Waals surface area contributed by atoms with Gasteiger partial charge in [-0.05, 0) is 49.2 Å². The maximum atomic E-state index is 5.94. The van der Waals surface area contributed by atoms with Gasteiger partial charge in [-0.2, -0.15) is 5.10 Å². The van der Waals surface area contributed by atoms with Crippen LogP contribution in [-0.4, -0.2) is 48.1 Å². The summed E-state index contributed by atoms with van der Waals surface area (Å²) in [6.07, 6.45) is 5.67. The first kappa shape index (κ1) is 23.0. The van der Waals surface area contributed by atoms with E-state index in [9.17, 15) is 0 Å². The van der Waals surface area contributed by atoms with Crippen LogP contribution in [0.5, 0.6) is 0 Å². The molecule has 8 nitrogen and oxygen atoms in total. The van der Waals surface area contributed by atoms with Gasteiger partial charge in [-0.25, -0.2) is 15.0 Å². The fourth-order valence-corrected chi connectivity index (χ4v) is 4.90. The van der Waals surface area contributed by atoms with Gasteiger partial charge in [0.05, 0.1) is 5.69 Å². The number of hydrogen-bond acceptors (Lipinski definition) is 7. The quantitative estimate of drug-likeness (QED) is 0.348. The summed E-state index contributed by atoms with van der Waals surface area (Å²) in [6.45, 7) is 2.96. The number of aromatic nitrogens is 6. The van der Waals surface area contributed by atoms with Gasteiger partial charge >= 0.3 is 0 Å². The van der Waals surface area contributed by atoms with Gasteiger partial charge in [0, 0.05) is 36.0 Å². The van der Waals surface area contributed by atoms with Crippen LogP contribution in [0.2, 0.25) is 0 Å². The van der Waals surface area contributed by atoms with Crippen molar-refractivity contribution in [1.29, 1.82) is 0 Å². The molecule has 0 radical (unpaired) electrons. The number of aromatic amines is 1. The van der Waals surface area contributed by atoms with Crippen LogP contribution < -0.4 is 5.73 Å². The van der Waals surface area contributed by atoms with E-state index in [1.165, 1.54) is 5.56 Å². The molecular weight excluding hydrogens is 460 g/mol. The summed E-state index contributed by atoms with van der Waals surface area (Å²) in [5.74, 6) is 2.30. The topological polar surface area (TPSA) is 110 Å². The predicted molar refractivity (Wildman–Crippen MR) is 144 cm³/mol. The number of benzene rings is 2. The van der Waals surface area contributed by atoms with Crippen LogP contribution in [0.15, 0.2) is 85.2 Å². The van der Waals surface area contributed by atoms with Gasteiger partial charge < -0.3 is 5.73 Å². The van der Waals surface area contributed by atoms with Gasteiger partial charge in [-0.1, -0.05) is 60.7 Å². The Labute approximate surface area is 215 Å². The minimum atomic E-state index is 0.278. The Morgan fingerprint density at radius 2 is 1.62 bits per heavy atom. The highest BCUT2D eigenvalue weighted by atomic mass is 15.2. The Morgan fingerprint density at radius 3 is 2.38 bits per heavy atom. The maximum Gasteiger partial charge on any atom is 0.220 e. The molecule has 0 aliphatic carbocycles. The van der Waals surface area contributed by atoms with Crippen LogP contribution in [0.3, 0.4) is 0 Å². The van der Waals surface area contributed by atoms with Gasteiger partial charge in [0.25, 0.3) is 0 Å². The number of H-pyrrole nitrogens is 1. The first-order valence-electron chi connectivity index (χ1n) is 12.6. The molecule has 1 fully saturated rings. The van der Waals surface area contributed by atoms with Gasteiger partial charge in [0.1, 0.15) is 11.5 Å². The third-order valence-electron chi connectivity index (χ3n) is 6.90. The summed E-state index contributed by atoms with van der Waals surface area (Å²) < 4.78 is 0. The highest BCUT2D eigenvalue weighted by molar-refractivity contribution is 5.80. The van der Waals surface area contributed by atoms with Crippen molar-refractivity contribution in [2.45, 2.75) is 25.3 Å². The van der Waals surface area contributed by atoms with Gasteiger partial charge in [0.2, 0.25) is 5.95 Å². The molecule has 3 N–H and O–H groups in total. The molecule has 6 rings (SSSR count). The van der Waals surface area contributed by atoms with E-state index in [-0.39, 0.29) is 5.95 Å². The molecule has 184 valence electrons. The lowest BCUT2D eigenvalue weighted by Crippen LogP contribution is -2.32. The molecule has 0 amide bonds. The van der Waals surface area contributed by atoms with E-state index in [1.807, 2.05) is 36.4 Å². The van der Waals surface area contributed by atoms with Crippen molar-refractivity contribution in [1.82, 2.24) is 35.0 Å². The molecule has 4 heterocycles. The third-order valence-corrected chi connectivity index (χ3v) is 6.90. The van der Waals surface area contributed by atoms with Crippen molar-refractivity contribution < 1.29 is 0 Å². The lowest BCUT2D eigenvalue weighted by atomic mass is 9.95. The molecule has 3 aromatic heterocycles. The number of piperidine rings is 1. The summed E-state index contributed by atoms with van der Waals surface area (Å²) >= 11 is 0. The number of nitrogen functional groups attached to an aromatic ring is 1. The molecule has 0 atom stereocenters. The summed E-state index contributed by atoms with van der Waals surface area (Å²) in [4.78, 5) is 20.4. The van der Waals surface area contributed by atoms with Crippen LogP contribution in [0, 0.1) is 0 Å². The molecule has 1 saturated heterocycles. The van der Waals surface area contributed by atoms with Crippen LogP contribution in [0.1, 0.15) is 30.1 Å². The number of pyridine rings is 1. The molecule has 1 aliphatic rings. The molecular formula is C29H28N8. The Morgan fingerprint density at radius 1 is 0.838 bits per heavy atom. The zero-order valence-electron chi connectivity index (χ0n) is 20.5. The summed E-state index contributed by atoms with van der Waals surface area (Å²) in [5.41, 5.74) is 11.9. The van der Waals surface area contributed by atoms with Gasteiger partial charge in [-0.3, -0.25) is 15.0 Å². The number of hydrogen-bond donors (Lipinski definition) is 2. The molecule has 0 bridgehead atoms. The van der Waals surface area contributed by atoms with Crippen molar-refractivity contribution in [2.75, 3.05) is 18.8 Å². The predicted octanol–water partition coefficient (Wildman–Crippen LogP) is 4.95. The van der Waals surface area contributed by atoms with Gasteiger partial charge in [0.15, 0.2) is 5.82 Å². The molecule has 5 aromatic rings. The van der Waals surface area contributed by atoms with E-state index in [2.05, 4.69) is 66.4 Å². The number of likely N-dealkylation sites (tertiary alicyclic amines) is 1. The van der Waals surface area contributed by atoms with Crippen molar-refractivity contribution in [3.05, 3.63) is 96.6 Å². The number of rotatable bonds is 6. The lowest BCUT2D eigenvalue weighted by molar-refractivity contribution is 0.202. The highest BCUT2D eigenvalue weighted by Gasteiger charge is 2.24. The van der Waals surface area contributed by atoms with Crippen molar-refractivity contribution >= 4 is 5.95 Å². The highest BCUT2D eigenvalue weighted by Crippen LogP contribution is 2.31. The van der Waals surface area contributed by atoms with Crippen LogP contribution in [-0.2, 0) is 6.54 Å². The normalized spacial score (nSPS) is 14.6. The van der Waals surface area contributed by atoms with E-state index < -0.39 is 0 Å². The number of anilines is 1. The van der Waals surface area contributed by atoms with Crippen molar-refractivity contribution in [2.24, 2.45) is 0 Å². The molecule has 2 aromatic carbocycles. The SMILES string of the molecule is Nc1ncc(-c2ccccc2)c(-c2ccc(CN3CCC(c4nc(-c5ccccn5)n[nH]4)CC3)cc2)n1. The Hall–Kier alpha value is -4.43. The standard InChI is InChI=1S/C29H28N8/c30-29-32-18-24(21-6-2-1-3-7-21)26(33-29)22-11-9-20(10-12-22)19-37-16-13-23(14-17-37)27-34-28(36-35-27)25-8-4-5-15-31-25/h1-12,15,18,23H,13-14,16-17,19H2,(H2,30,32,33)(H,34,35,36). The van der Waals surface area contributed by atoms with E-state index in [0.717, 1.165) is 66.4 Å². The Balaban J connectivity index is 1.10. The zero-order chi connectivity index (χ0) is 25.0. The first-order valence-corrected chi connectivity index (χ1v) is 12.6. The second kappa shape index (κ2) is 10.3. The van der Waals surface area contributed by atoms with Crippen molar-refractivity contribution in [3.63, 3.8) is 0 Å². The van der Waals surface area contributed by atoms with E-state index in [0.29, 0.717) is 11.7 Å². The smallest absolute Gasteiger partial charge is 0.220 e. The molecule has 0 unspecified atom stereocenters. The second-order valence-corrected chi connectivity index (χ2v) is 9.36. The fourth-order valence-electron chi connectivity index (χ4n) is 4.90. The van der Waals surface area contributed by atoms with Crippen LogP contribution >= 0.6 is 0 Å². The van der Waals surface area contributed by atoms with E-state index in [1.54, 1.807) is 12.4 Å². The lowest BCUT2D eigenvalue weighted by Gasteiger charge is -2.31. The largest absolute Gasteiger partial charge is 0.368 e. The van der Waals surface area contributed by atoms with E-state index >= 15 is 0 Å². The Bertz CT molecular complexity index is 1460. The maximum absolute atomic E-state index is 5.94. The zero-order valence-corrected chi connectivity index (χ0v) is 20.5.